The average Bonchev–Trinajstić information content (AvgIpc) is 2.31. The highest BCUT2D eigenvalue weighted by atomic mass is 16.7. The zero-order chi connectivity index (χ0) is 8.84. The highest BCUT2D eigenvalue weighted by Gasteiger charge is 2.58. The highest BCUT2D eigenvalue weighted by Crippen LogP contribution is 2.51. The Hall–Kier alpha value is -0.610. The number of carbonyl (C=O) groups is 1. The second-order valence-corrected chi connectivity index (χ2v) is 4.01. The molecule has 4 heteroatoms. The molecule has 13 heavy (non-hydrogen) atoms. The lowest BCUT2D eigenvalue weighted by atomic mass is 9.58. The summed E-state index contributed by atoms with van der Waals surface area (Å²) in [7, 11) is 0. The van der Waals surface area contributed by atoms with E-state index in [0.29, 0.717) is 37.8 Å². The minimum atomic E-state index is -0.0308. The fourth-order valence-electron chi connectivity index (χ4n) is 2.78. The molecule has 72 valence electrons. The van der Waals surface area contributed by atoms with Crippen molar-refractivity contribution >= 4 is 5.97 Å². The Morgan fingerprint density at radius 1 is 1.00 bits per heavy atom. The first-order valence-electron chi connectivity index (χ1n) is 4.70. The predicted molar refractivity (Wildman–Crippen MR) is 41.7 cm³/mol. The smallest absolute Gasteiger partial charge is 0.309 e. The van der Waals surface area contributed by atoms with Gasteiger partial charge >= 0.3 is 5.97 Å². The number of hydrogen-bond acceptors (Lipinski definition) is 4. The fourth-order valence-corrected chi connectivity index (χ4v) is 2.78. The van der Waals surface area contributed by atoms with Crippen LogP contribution >= 0.6 is 0 Å². The van der Waals surface area contributed by atoms with Gasteiger partial charge < -0.3 is 14.2 Å². The van der Waals surface area contributed by atoms with Crippen LogP contribution in [0.4, 0.5) is 0 Å². The molecule has 2 aliphatic heterocycles. The Balaban J connectivity index is 1.80. The van der Waals surface area contributed by atoms with E-state index in [1.165, 1.54) is 0 Å². The van der Waals surface area contributed by atoms with Gasteiger partial charge in [0.25, 0.3) is 0 Å². The third-order valence-electron chi connectivity index (χ3n) is 3.50. The van der Waals surface area contributed by atoms with Crippen LogP contribution in [0.1, 0.15) is 0 Å². The van der Waals surface area contributed by atoms with Crippen molar-refractivity contribution in [3.05, 3.63) is 0 Å². The van der Waals surface area contributed by atoms with Gasteiger partial charge in [-0.3, -0.25) is 4.79 Å². The summed E-state index contributed by atoms with van der Waals surface area (Å²) in [6.45, 7) is 2.35. The number of carbonyl (C=O) groups excluding carboxylic acids is 1. The van der Waals surface area contributed by atoms with E-state index in [1.54, 1.807) is 0 Å². The number of hydrogen-bond donors (Lipinski definition) is 0. The zero-order valence-electron chi connectivity index (χ0n) is 7.27. The molecule has 4 nitrogen and oxygen atoms in total. The first-order chi connectivity index (χ1) is 6.38. The van der Waals surface area contributed by atoms with Crippen molar-refractivity contribution < 1.29 is 19.0 Å². The molecule has 0 aromatic carbocycles. The molecule has 0 radical (unpaired) electrons. The van der Waals surface area contributed by atoms with E-state index in [2.05, 4.69) is 0 Å². The summed E-state index contributed by atoms with van der Waals surface area (Å²) in [6.07, 6.45) is 0. The Labute approximate surface area is 76.1 Å². The third-order valence-corrected chi connectivity index (χ3v) is 3.50. The molecule has 1 aliphatic carbocycles. The van der Waals surface area contributed by atoms with Gasteiger partial charge in [-0.25, -0.2) is 0 Å². The lowest BCUT2D eigenvalue weighted by Crippen LogP contribution is -2.50. The molecule has 3 rings (SSSR count). The Morgan fingerprint density at radius 3 is 2.54 bits per heavy atom. The van der Waals surface area contributed by atoms with Gasteiger partial charge in [0.15, 0.2) is 0 Å². The lowest BCUT2D eigenvalue weighted by molar-refractivity contribution is -0.147. The Kier molecular flexibility index (Phi) is 1.60. The summed E-state index contributed by atoms with van der Waals surface area (Å²) in [5, 5.41) is 0. The summed E-state index contributed by atoms with van der Waals surface area (Å²) in [4.78, 5) is 11.3. The molecule has 0 bridgehead atoms. The largest absolute Gasteiger partial charge is 0.465 e. The van der Waals surface area contributed by atoms with Crippen LogP contribution in [0.3, 0.4) is 0 Å². The van der Waals surface area contributed by atoms with Gasteiger partial charge in [0.05, 0.1) is 25.7 Å². The van der Waals surface area contributed by atoms with Gasteiger partial charge in [-0.2, -0.15) is 0 Å². The molecule has 2 saturated heterocycles. The van der Waals surface area contributed by atoms with E-state index >= 15 is 0 Å². The fraction of sp³-hybridized carbons (Fsp3) is 0.889. The van der Waals surface area contributed by atoms with E-state index in [1.807, 2.05) is 0 Å². The maximum Gasteiger partial charge on any atom is 0.309 e. The van der Waals surface area contributed by atoms with Crippen LogP contribution in [0.15, 0.2) is 0 Å². The van der Waals surface area contributed by atoms with Crippen LogP contribution in [0.5, 0.6) is 0 Å². The van der Waals surface area contributed by atoms with Crippen molar-refractivity contribution in [2.75, 3.05) is 26.6 Å². The van der Waals surface area contributed by atoms with Gasteiger partial charge in [0.1, 0.15) is 6.79 Å². The molecule has 0 spiro atoms. The number of fused-ring (bicyclic) bond motifs is 4. The standard InChI is InChI=1S/C9H12O4/c10-9-8-6-2-12-4-11-1-5(6)7(8)3-13-9/h5-8H,1-4H2/t5-,6+,7+,8-/m1/s1. The molecule has 3 aliphatic rings. The van der Waals surface area contributed by atoms with Crippen molar-refractivity contribution in [3.8, 4) is 0 Å². The molecule has 0 aromatic heterocycles. The molecular weight excluding hydrogens is 172 g/mol. The summed E-state index contributed by atoms with van der Waals surface area (Å²) in [5.74, 6) is 1.31. The maximum atomic E-state index is 11.3. The molecule has 0 unspecified atom stereocenters. The van der Waals surface area contributed by atoms with Crippen molar-refractivity contribution in [2.45, 2.75) is 0 Å². The van der Waals surface area contributed by atoms with Crippen LogP contribution < -0.4 is 0 Å². The first kappa shape index (κ1) is 7.76. The molecular formula is C9H12O4. The van der Waals surface area contributed by atoms with E-state index < -0.39 is 0 Å². The predicted octanol–water partition coefficient (Wildman–Crippen LogP) is 0.0259. The van der Waals surface area contributed by atoms with Crippen LogP contribution in [0.25, 0.3) is 0 Å². The van der Waals surface area contributed by atoms with Crippen molar-refractivity contribution in [1.29, 1.82) is 0 Å². The first-order valence-corrected chi connectivity index (χ1v) is 4.70. The number of cyclic esters (lactones) is 1. The molecule has 0 aromatic rings. The van der Waals surface area contributed by atoms with Crippen LogP contribution in [0.2, 0.25) is 0 Å². The van der Waals surface area contributed by atoms with Crippen LogP contribution in [-0.2, 0) is 19.0 Å². The van der Waals surface area contributed by atoms with E-state index in [-0.39, 0.29) is 11.9 Å². The Morgan fingerprint density at radius 2 is 1.69 bits per heavy atom. The summed E-state index contributed by atoms with van der Waals surface area (Å²) >= 11 is 0. The van der Waals surface area contributed by atoms with E-state index in [0.717, 1.165) is 6.61 Å². The molecule has 1 saturated carbocycles. The topological polar surface area (TPSA) is 44.8 Å². The molecule has 0 amide bonds. The Bertz CT molecular complexity index is 240. The van der Waals surface area contributed by atoms with Crippen molar-refractivity contribution in [2.24, 2.45) is 23.7 Å². The molecule has 4 atom stereocenters. The van der Waals surface area contributed by atoms with Crippen LogP contribution in [0, 0.1) is 23.7 Å². The van der Waals surface area contributed by atoms with Crippen molar-refractivity contribution in [3.63, 3.8) is 0 Å². The minimum Gasteiger partial charge on any atom is -0.465 e. The van der Waals surface area contributed by atoms with E-state index in [9.17, 15) is 4.79 Å². The molecule has 2 heterocycles. The van der Waals surface area contributed by atoms with Gasteiger partial charge in [0.2, 0.25) is 0 Å². The molecule has 0 N–H and O–H groups in total. The van der Waals surface area contributed by atoms with Crippen molar-refractivity contribution in [1.82, 2.24) is 0 Å². The monoisotopic (exact) mass is 184 g/mol. The summed E-state index contributed by atoms with van der Waals surface area (Å²) in [5.41, 5.74) is 0. The number of rotatable bonds is 0. The lowest BCUT2D eigenvalue weighted by Gasteiger charge is -2.43. The second kappa shape index (κ2) is 2.69. The maximum absolute atomic E-state index is 11.3. The SMILES string of the molecule is O=C1OC[C@H]2[C@@H]3COCOC[C@@H]3[C@@H]12. The third kappa shape index (κ3) is 0.957. The molecule has 3 fully saturated rings. The van der Waals surface area contributed by atoms with Gasteiger partial charge in [-0.15, -0.1) is 0 Å². The average molecular weight is 184 g/mol. The summed E-state index contributed by atoms with van der Waals surface area (Å²) in [6, 6.07) is 0. The van der Waals surface area contributed by atoms with Gasteiger partial charge in [-0.1, -0.05) is 0 Å². The zero-order valence-corrected chi connectivity index (χ0v) is 7.27. The number of esters is 1. The van der Waals surface area contributed by atoms with E-state index in [4.69, 9.17) is 14.2 Å². The highest BCUT2D eigenvalue weighted by molar-refractivity contribution is 5.76. The second-order valence-electron chi connectivity index (χ2n) is 4.01. The number of ether oxygens (including phenoxy) is 3. The normalized spacial score (nSPS) is 48.5. The van der Waals surface area contributed by atoms with Gasteiger partial charge in [0, 0.05) is 11.8 Å². The summed E-state index contributed by atoms with van der Waals surface area (Å²) < 4.78 is 15.6. The van der Waals surface area contributed by atoms with Crippen LogP contribution in [-0.4, -0.2) is 32.6 Å². The minimum absolute atomic E-state index is 0.0308. The van der Waals surface area contributed by atoms with Gasteiger partial charge in [-0.05, 0) is 5.92 Å². The quantitative estimate of drug-likeness (QED) is 0.498.